The van der Waals surface area contributed by atoms with Crippen molar-refractivity contribution in [2.45, 2.75) is 13.1 Å². The van der Waals surface area contributed by atoms with Crippen LogP contribution in [0.25, 0.3) is 0 Å². The molecule has 0 saturated heterocycles. The van der Waals surface area contributed by atoms with E-state index in [4.69, 9.17) is 0 Å². The smallest absolute Gasteiger partial charge is 0.0738 e. The summed E-state index contributed by atoms with van der Waals surface area (Å²) in [4.78, 5) is 0. The highest BCUT2D eigenvalue weighted by molar-refractivity contribution is 4.98. The lowest BCUT2D eigenvalue weighted by Gasteiger charge is -2.01. The Hall–Kier alpha value is -1.69. The molecule has 2 aromatic heterocycles. The third-order valence-electron chi connectivity index (χ3n) is 1.99. The summed E-state index contributed by atoms with van der Waals surface area (Å²) in [5.41, 5.74) is 2.13. The van der Waals surface area contributed by atoms with E-state index in [9.17, 15) is 0 Å². The van der Waals surface area contributed by atoms with Crippen LogP contribution in [-0.2, 0) is 20.1 Å². The zero-order valence-electron chi connectivity index (χ0n) is 7.94. The molecule has 0 amide bonds. The third-order valence-corrected chi connectivity index (χ3v) is 1.99. The number of aromatic amines is 1. The van der Waals surface area contributed by atoms with Crippen molar-refractivity contribution in [1.29, 1.82) is 0 Å². The molecule has 0 aliphatic heterocycles. The van der Waals surface area contributed by atoms with E-state index in [2.05, 4.69) is 25.8 Å². The zero-order chi connectivity index (χ0) is 9.80. The van der Waals surface area contributed by atoms with Crippen LogP contribution in [0.1, 0.15) is 11.4 Å². The lowest BCUT2D eigenvalue weighted by molar-refractivity contribution is 0.611. The van der Waals surface area contributed by atoms with Gasteiger partial charge in [0.2, 0.25) is 0 Å². The molecule has 0 aliphatic rings. The van der Waals surface area contributed by atoms with Gasteiger partial charge >= 0.3 is 0 Å². The first kappa shape index (κ1) is 8.89. The van der Waals surface area contributed by atoms with Crippen molar-refractivity contribution in [3.05, 3.63) is 29.8 Å². The van der Waals surface area contributed by atoms with E-state index in [1.54, 1.807) is 17.1 Å². The van der Waals surface area contributed by atoms with Gasteiger partial charge in [-0.1, -0.05) is 5.21 Å². The number of hydrogen-bond acceptors (Lipinski definition) is 4. The first-order valence-corrected chi connectivity index (χ1v) is 4.39. The van der Waals surface area contributed by atoms with E-state index < -0.39 is 0 Å². The van der Waals surface area contributed by atoms with E-state index in [1.165, 1.54) is 0 Å². The Morgan fingerprint density at radius 3 is 3.07 bits per heavy atom. The van der Waals surface area contributed by atoms with E-state index in [0.717, 1.165) is 24.5 Å². The molecule has 6 heteroatoms. The molecule has 0 spiro atoms. The second-order valence-corrected chi connectivity index (χ2v) is 3.03. The Kier molecular flexibility index (Phi) is 2.55. The van der Waals surface area contributed by atoms with Crippen LogP contribution in [0.15, 0.2) is 18.5 Å². The molecule has 0 aromatic carbocycles. The van der Waals surface area contributed by atoms with Gasteiger partial charge in [-0.05, 0) is 6.07 Å². The van der Waals surface area contributed by atoms with Crippen LogP contribution in [0.3, 0.4) is 0 Å². The van der Waals surface area contributed by atoms with E-state index in [-0.39, 0.29) is 0 Å². The lowest BCUT2D eigenvalue weighted by atomic mass is 10.4. The number of aromatic nitrogens is 5. The fraction of sp³-hybridized carbons (Fsp3) is 0.375. The Morgan fingerprint density at radius 1 is 1.50 bits per heavy atom. The van der Waals surface area contributed by atoms with Crippen molar-refractivity contribution >= 4 is 0 Å². The van der Waals surface area contributed by atoms with Crippen LogP contribution in [-0.4, -0.2) is 25.2 Å². The molecule has 6 nitrogen and oxygen atoms in total. The molecular weight excluding hydrogens is 180 g/mol. The summed E-state index contributed by atoms with van der Waals surface area (Å²) in [5, 5.41) is 17.6. The van der Waals surface area contributed by atoms with Crippen molar-refractivity contribution in [3.63, 3.8) is 0 Å². The second kappa shape index (κ2) is 4.01. The first-order chi connectivity index (χ1) is 6.86. The fourth-order valence-corrected chi connectivity index (χ4v) is 1.18. The van der Waals surface area contributed by atoms with Gasteiger partial charge in [-0.3, -0.25) is 9.78 Å². The molecule has 0 atom stereocenters. The molecule has 2 rings (SSSR count). The van der Waals surface area contributed by atoms with Crippen LogP contribution < -0.4 is 5.32 Å². The largest absolute Gasteiger partial charge is 0.305 e. The number of rotatable bonds is 4. The molecule has 14 heavy (non-hydrogen) atoms. The van der Waals surface area contributed by atoms with Gasteiger partial charge in [-0.15, -0.1) is 5.10 Å². The summed E-state index contributed by atoms with van der Waals surface area (Å²) in [7, 11) is 1.88. The monoisotopic (exact) mass is 192 g/mol. The number of nitrogens with zero attached hydrogens (tertiary/aromatic N) is 4. The molecule has 0 bridgehead atoms. The van der Waals surface area contributed by atoms with Crippen molar-refractivity contribution in [1.82, 2.24) is 30.5 Å². The number of nitrogens with one attached hydrogen (secondary N) is 2. The van der Waals surface area contributed by atoms with Crippen LogP contribution in [0, 0.1) is 0 Å². The number of aryl methyl sites for hydroxylation is 1. The Morgan fingerprint density at radius 2 is 2.43 bits per heavy atom. The number of hydrogen-bond donors (Lipinski definition) is 2. The van der Waals surface area contributed by atoms with Gasteiger partial charge in [0.25, 0.3) is 0 Å². The molecule has 0 aliphatic carbocycles. The SMILES string of the molecule is Cn1nncc1CNCc1ccn[nH]1. The molecule has 0 fully saturated rings. The summed E-state index contributed by atoms with van der Waals surface area (Å²) >= 11 is 0. The molecule has 74 valence electrons. The summed E-state index contributed by atoms with van der Waals surface area (Å²) in [6.45, 7) is 1.52. The van der Waals surface area contributed by atoms with E-state index >= 15 is 0 Å². The minimum Gasteiger partial charge on any atom is -0.305 e. The normalized spacial score (nSPS) is 10.6. The molecule has 0 unspecified atom stereocenters. The quantitative estimate of drug-likeness (QED) is 0.705. The highest BCUT2D eigenvalue weighted by Crippen LogP contribution is 1.94. The van der Waals surface area contributed by atoms with Gasteiger partial charge in [0.1, 0.15) is 0 Å². The lowest BCUT2D eigenvalue weighted by Crippen LogP contribution is -2.15. The highest BCUT2D eigenvalue weighted by atomic mass is 15.4. The maximum Gasteiger partial charge on any atom is 0.0738 e. The molecule has 2 N–H and O–H groups in total. The highest BCUT2D eigenvalue weighted by Gasteiger charge is 1.99. The minimum absolute atomic E-state index is 0.752. The van der Waals surface area contributed by atoms with Gasteiger partial charge in [0.05, 0.1) is 11.9 Å². The standard InChI is InChI=1S/C8H12N6/c1-14-8(6-11-13-14)5-9-4-7-2-3-10-12-7/h2-3,6,9H,4-5H2,1H3,(H,10,12). The van der Waals surface area contributed by atoms with E-state index in [1.807, 2.05) is 13.1 Å². The van der Waals surface area contributed by atoms with Crippen LogP contribution in [0.4, 0.5) is 0 Å². The van der Waals surface area contributed by atoms with Crippen LogP contribution >= 0.6 is 0 Å². The van der Waals surface area contributed by atoms with Crippen molar-refractivity contribution in [2.75, 3.05) is 0 Å². The Balaban J connectivity index is 1.81. The predicted octanol–water partition coefficient (Wildman–Crippen LogP) is -0.172. The van der Waals surface area contributed by atoms with Gasteiger partial charge in [-0.25, -0.2) is 0 Å². The molecule has 2 aromatic rings. The maximum atomic E-state index is 3.86. The average Bonchev–Trinajstić information content (AvgIpc) is 2.78. The van der Waals surface area contributed by atoms with Crippen LogP contribution in [0.5, 0.6) is 0 Å². The Bertz CT molecular complexity index is 376. The van der Waals surface area contributed by atoms with Gasteiger partial charge in [0.15, 0.2) is 0 Å². The van der Waals surface area contributed by atoms with Crippen molar-refractivity contribution in [3.8, 4) is 0 Å². The van der Waals surface area contributed by atoms with Gasteiger partial charge in [0, 0.05) is 32.0 Å². The molecule has 0 saturated carbocycles. The molecular formula is C8H12N6. The Labute approximate surface area is 81.3 Å². The zero-order valence-corrected chi connectivity index (χ0v) is 7.94. The predicted molar refractivity (Wildman–Crippen MR) is 50.1 cm³/mol. The first-order valence-electron chi connectivity index (χ1n) is 4.39. The summed E-state index contributed by atoms with van der Waals surface area (Å²) in [5.74, 6) is 0. The summed E-state index contributed by atoms with van der Waals surface area (Å²) in [6.07, 6.45) is 3.49. The van der Waals surface area contributed by atoms with Gasteiger partial charge in [-0.2, -0.15) is 5.10 Å². The third kappa shape index (κ3) is 1.97. The maximum absolute atomic E-state index is 3.86. The van der Waals surface area contributed by atoms with Crippen molar-refractivity contribution in [2.24, 2.45) is 7.05 Å². The summed E-state index contributed by atoms with van der Waals surface area (Å²) < 4.78 is 1.75. The fourth-order valence-electron chi connectivity index (χ4n) is 1.18. The van der Waals surface area contributed by atoms with E-state index in [0.29, 0.717) is 0 Å². The average molecular weight is 192 g/mol. The van der Waals surface area contributed by atoms with Crippen LogP contribution in [0.2, 0.25) is 0 Å². The van der Waals surface area contributed by atoms with Gasteiger partial charge < -0.3 is 5.32 Å². The van der Waals surface area contributed by atoms with Crippen molar-refractivity contribution < 1.29 is 0 Å². The second-order valence-electron chi connectivity index (χ2n) is 3.03. The summed E-state index contributed by atoms with van der Waals surface area (Å²) in [6, 6.07) is 1.94. The molecule has 2 heterocycles. The molecule has 0 radical (unpaired) electrons. The topological polar surface area (TPSA) is 71.4 Å². The number of H-pyrrole nitrogens is 1. The minimum atomic E-state index is 0.752.